The van der Waals surface area contributed by atoms with Crippen LogP contribution in [0.25, 0.3) is 0 Å². The summed E-state index contributed by atoms with van der Waals surface area (Å²) >= 11 is 0. The number of rotatable bonds is 11. The van der Waals surface area contributed by atoms with Gasteiger partial charge >= 0.3 is 0 Å². The summed E-state index contributed by atoms with van der Waals surface area (Å²) in [5.41, 5.74) is 4.72. The van der Waals surface area contributed by atoms with Crippen LogP contribution >= 0.6 is 0 Å². The SMILES string of the molecule is COc1cc(CCc2ccc3c(c2)OCCO3)c(CCc2cc(OC)c(OC)c(OC)c2)cc1OC. The first-order chi connectivity index (χ1) is 17.6. The first-order valence-corrected chi connectivity index (χ1v) is 12.0. The van der Waals surface area contributed by atoms with Crippen LogP contribution in [-0.2, 0) is 25.7 Å². The lowest BCUT2D eigenvalue weighted by Gasteiger charge is -2.19. The van der Waals surface area contributed by atoms with Crippen molar-refractivity contribution in [3.63, 3.8) is 0 Å². The molecule has 0 aliphatic carbocycles. The van der Waals surface area contributed by atoms with Crippen molar-refractivity contribution in [1.29, 1.82) is 0 Å². The van der Waals surface area contributed by atoms with E-state index in [9.17, 15) is 0 Å². The standard InChI is InChI=1S/C29H34O7/c1-30-24-17-21(9-6-19-8-11-23-26(14-19)36-13-12-35-23)22(18-25(24)31-2)10-7-20-15-27(32-3)29(34-5)28(16-20)33-4/h8,11,14-18H,6-7,9-10,12-13H2,1-5H3. The highest BCUT2D eigenvalue weighted by Crippen LogP contribution is 2.39. The Morgan fingerprint density at radius 2 is 1.06 bits per heavy atom. The summed E-state index contributed by atoms with van der Waals surface area (Å²) < 4.78 is 39.1. The van der Waals surface area contributed by atoms with Gasteiger partial charge in [0.2, 0.25) is 5.75 Å². The third-order valence-electron chi connectivity index (χ3n) is 6.40. The first kappa shape index (κ1) is 25.4. The van der Waals surface area contributed by atoms with Crippen LogP contribution in [0.5, 0.6) is 40.2 Å². The molecule has 0 spiro atoms. The van der Waals surface area contributed by atoms with Crippen molar-refractivity contribution in [3.05, 3.63) is 64.7 Å². The molecule has 3 aromatic rings. The highest BCUT2D eigenvalue weighted by molar-refractivity contribution is 5.54. The molecule has 0 atom stereocenters. The molecule has 0 unspecified atom stereocenters. The van der Waals surface area contributed by atoms with E-state index >= 15 is 0 Å². The van der Waals surface area contributed by atoms with Crippen LogP contribution in [0, 0.1) is 0 Å². The third-order valence-corrected chi connectivity index (χ3v) is 6.40. The quantitative estimate of drug-likeness (QED) is 0.369. The maximum Gasteiger partial charge on any atom is 0.203 e. The van der Waals surface area contributed by atoms with E-state index in [-0.39, 0.29) is 0 Å². The number of methoxy groups -OCH3 is 5. The Morgan fingerprint density at radius 3 is 1.58 bits per heavy atom. The molecule has 36 heavy (non-hydrogen) atoms. The molecule has 1 aliphatic rings. The zero-order chi connectivity index (χ0) is 25.5. The second-order valence-electron chi connectivity index (χ2n) is 8.49. The molecule has 0 bridgehead atoms. The van der Waals surface area contributed by atoms with Gasteiger partial charge in [-0.2, -0.15) is 0 Å². The lowest BCUT2D eigenvalue weighted by Crippen LogP contribution is -2.15. The molecule has 0 saturated heterocycles. The Kier molecular flexibility index (Phi) is 8.31. The normalized spacial score (nSPS) is 12.1. The molecule has 4 rings (SSSR count). The van der Waals surface area contributed by atoms with Crippen molar-refractivity contribution in [2.75, 3.05) is 48.8 Å². The van der Waals surface area contributed by atoms with Crippen molar-refractivity contribution < 1.29 is 33.2 Å². The average molecular weight is 495 g/mol. The third kappa shape index (κ3) is 5.56. The highest BCUT2D eigenvalue weighted by atomic mass is 16.6. The first-order valence-electron chi connectivity index (χ1n) is 12.0. The Hall–Kier alpha value is -3.74. The second kappa shape index (κ2) is 11.8. The van der Waals surface area contributed by atoms with Gasteiger partial charge < -0.3 is 33.2 Å². The summed E-state index contributed by atoms with van der Waals surface area (Å²) in [7, 11) is 8.20. The fraction of sp³-hybridized carbons (Fsp3) is 0.379. The molecule has 0 saturated carbocycles. The molecule has 0 fully saturated rings. The van der Waals surface area contributed by atoms with E-state index in [0.717, 1.165) is 54.2 Å². The van der Waals surface area contributed by atoms with Crippen LogP contribution in [0.2, 0.25) is 0 Å². The van der Waals surface area contributed by atoms with E-state index in [4.69, 9.17) is 33.2 Å². The molecule has 1 heterocycles. The van der Waals surface area contributed by atoms with E-state index in [1.54, 1.807) is 35.5 Å². The van der Waals surface area contributed by atoms with E-state index in [1.807, 2.05) is 18.2 Å². The molecule has 1 aliphatic heterocycles. The van der Waals surface area contributed by atoms with Crippen molar-refractivity contribution in [1.82, 2.24) is 0 Å². The van der Waals surface area contributed by atoms with Crippen molar-refractivity contribution >= 4 is 0 Å². The highest BCUT2D eigenvalue weighted by Gasteiger charge is 2.16. The van der Waals surface area contributed by atoms with Gasteiger partial charge in [-0.3, -0.25) is 0 Å². The van der Waals surface area contributed by atoms with Crippen LogP contribution < -0.4 is 33.2 Å². The average Bonchev–Trinajstić information content (AvgIpc) is 2.93. The summed E-state index contributed by atoms with van der Waals surface area (Å²) in [6.07, 6.45) is 3.33. The molecule has 3 aromatic carbocycles. The Morgan fingerprint density at radius 1 is 0.528 bits per heavy atom. The lowest BCUT2D eigenvalue weighted by atomic mass is 9.94. The predicted molar refractivity (Wildman–Crippen MR) is 138 cm³/mol. The summed E-state index contributed by atoms with van der Waals surface area (Å²) in [5.74, 6) is 4.97. The van der Waals surface area contributed by atoms with Gasteiger partial charge in [-0.15, -0.1) is 0 Å². The maximum absolute atomic E-state index is 5.76. The minimum atomic E-state index is 0.581. The van der Waals surface area contributed by atoms with Crippen molar-refractivity contribution in [2.45, 2.75) is 25.7 Å². The van der Waals surface area contributed by atoms with Crippen LogP contribution in [0.3, 0.4) is 0 Å². The minimum absolute atomic E-state index is 0.581. The van der Waals surface area contributed by atoms with Crippen LogP contribution in [0.1, 0.15) is 22.3 Å². The summed E-state index contributed by atoms with van der Waals surface area (Å²) in [4.78, 5) is 0. The molecular formula is C29H34O7. The van der Waals surface area contributed by atoms with Gasteiger partial charge in [0.05, 0.1) is 35.5 Å². The summed E-state index contributed by atoms with van der Waals surface area (Å²) in [5, 5.41) is 0. The molecule has 0 radical (unpaired) electrons. The number of ether oxygens (including phenoxy) is 7. The number of hydrogen-bond donors (Lipinski definition) is 0. The Labute approximate surface area is 212 Å². The molecular weight excluding hydrogens is 460 g/mol. The van der Waals surface area contributed by atoms with E-state index in [1.165, 1.54) is 16.7 Å². The van der Waals surface area contributed by atoms with Gasteiger partial charge in [-0.05, 0) is 84.3 Å². The molecule has 0 amide bonds. The molecule has 192 valence electrons. The Bertz CT molecular complexity index is 1160. The molecule has 7 nitrogen and oxygen atoms in total. The monoisotopic (exact) mass is 494 g/mol. The van der Waals surface area contributed by atoms with Crippen LogP contribution in [0.15, 0.2) is 42.5 Å². The van der Waals surface area contributed by atoms with Crippen molar-refractivity contribution in [2.24, 2.45) is 0 Å². The van der Waals surface area contributed by atoms with E-state index < -0.39 is 0 Å². The number of hydrogen-bond acceptors (Lipinski definition) is 7. The number of benzene rings is 3. The molecule has 7 heteroatoms. The fourth-order valence-electron chi connectivity index (χ4n) is 4.51. The molecule has 0 N–H and O–H groups in total. The largest absolute Gasteiger partial charge is 0.493 e. The van der Waals surface area contributed by atoms with E-state index in [0.29, 0.717) is 30.5 Å². The van der Waals surface area contributed by atoms with Gasteiger partial charge in [-0.1, -0.05) is 6.07 Å². The number of aryl methyl sites for hydroxylation is 4. The predicted octanol–water partition coefficient (Wildman–Crippen LogP) is 5.07. The van der Waals surface area contributed by atoms with Gasteiger partial charge in [-0.25, -0.2) is 0 Å². The summed E-state index contributed by atoms with van der Waals surface area (Å²) in [6.45, 7) is 1.17. The van der Waals surface area contributed by atoms with Gasteiger partial charge in [0.15, 0.2) is 34.5 Å². The topological polar surface area (TPSA) is 64.6 Å². The van der Waals surface area contributed by atoms with Gasteiger partial charge in [0.25, 0.3) is 0 Å². The van der Waals surface area contributed by atoms with Gasteiger partial charge in [0, 0.05) is 0 Å². The van der Waals surface area contributed by atoms with Gasteiger partial charge in [0.1, 0.15) is 13.2 Å². The number of fused-ring (bicyclic) bond motifs is 1. The maximum atomic E-state index is 5.76. The summed E-state index contributed by atoms with van der Waals surface area (Å²) in [6, 6.07) is 14.3. The van der Waals surface area contributed by atoms with Crippen LogP contribution in [-0.4, -0.2) is 48.8 Å². The van der Waals surface area contributed by atoms with E-state index in [2.05, 4.69) is 24.3 Å². The zero-order valence-electron chi connectivity index (χ0n) is 21.6. The lowest BCUT2D eigenvalue weighted by molar-refractivity contribution is 0.171. The molecule has 0 aromatic heterocycles. The minimum Gasteiger partial charge on any atom is -0.493 e. The second-order valence-corrected chi connectivity index (χ2v) is 8.49. The van der Waals surface area contributed by atoms with Crippen LogP contribution in [0.4, 0.5) is 0 Å². The van der Waals surface area contributed by atoms with Crippen molar-refractivity contribution in [3.8, 4) is 40.2 Å². The zero-order valence-corrected chi connectivity index (χ0v) is 21.6. The smallest absolute Gasteiger partial charge is 0.203 e. The fourth-order valence-corrected chi connectivity index (χ4v) is 4.51. The Balaban J connectivity index is 1.57.